The maximum atomic E-state index is 12.5. The van der Waals surface area contributed by atoms with Crippen molar-refractivity contribution in [2.24, 2.45) is 5.92 Å². The normalized spacial score (nSPS) is 17.8. The van der Waals surface area contributed by atoms with Crippen LogP contribution in [0.3, 0.4) is 0 Å². The first-order valence-electron chi connectivity index (χ1n) is 8.88. The lowest BCUT2D eigenvalue weighted by molar-refractivity contribution is 0.0941. The van der Waals surface area contributed by atoms with Crippen molar-refractivity contribution in [1.82, 2.24) is 20.3 Å². The lowest BCUT2D eigenvalue weighted by Crippen LogP contribution is -2.34. The van der Waals surface area contributed by atoms with Crippen LogP contribution in [0.15, 0.2) is 6.07 Å². The fraction of sp³-hybridized carbons (Fsp3) is 0.556. The fourth-order valence-corrected chi connectivity index (χ4v) is 4.10. The van der Waals surface area contributed by atoms with Gasteiger partial charge >= 0.3 is 0 Å². The van der Waals surface area contributed by atoms with E-state index in [-0.39, 0.29) is 11.7 Å². The van der Waals surface area contributed by atoms with Crippen LogP contribution in [-0.2, 0) is 0 Å². The third kappa shape index (κ3) is 3.56. The molecule has 132 valence electrons. The first-order valence-corrected chi connectivity index (χ1v) is 10.0. The summed E-state index contributed by atoms with van der Waals surface area (Å²) in [7, 11) is 0. The Morgan fingerprint density at radius 2 is 2.00 bits per heavy atom. The molecule has 0 atom stereocenters. The highest BCUT2D eigenvalue weighted by atomic mass is 32.2. The molecule has 0 unspecified atom stereocenters. The summed E-state index contributed by atoms with van der Waals surface area (Å²) >= 11 is 1.95. The van der Waals surface area contributed by atoms with Gasteiger partial charge in [0.1, 0.15) is 5.82 Å². The molecule has 1 saturated heterocycles. The molecule has 0 aromatic carbocycles. The number of nitrogens with zero attached hydrogens (tertiary/aromatic N) is 4. The molecule has 1 saturated carbocycles. The van der Waals surface area contributed by atoms with E-state index in [1.54, 1.807) is 0 Å². The third-order valence-corrected chi connectivity index (χ3v) is 5.68. The van der Waals surface area contributed by atoms with Gasteiger partial charge < -0.3 is 10.2 Å². The van der Waals surface area contributed by atoms with E-state index >= 15 is 0 Å². The number of anilines is 1. The molecule has 1 amide bonds. The van der Waals surface area contributed by atoms with Crippen LogP contribution >= 0.6 is 11.8 Å². The number of nitrogens with one attached hydrogen (secondary N) is 1. The molecule has 2 fully saturated rings. The van der Waals surface area contributed by atoms with Crippen molar-refractivity contribution in [2.75, 3.05) is 36.0 Å². The van der Waals surface area contributed by atoms with E-state index in [9.17, 15) is 4.79 Å². The van der Waals surface area contributed by atoms with Crippen LogP contribution in [0.25, 0.3) is 11.0 Å². The van der Waals surface area contributed by atoms with Crippen molar-refractivity contribution in [1.29, 1.82) is 0 Å². The second-order valence-electron chi connectivity index (χ2n) is 6.90. The summed E-state index contributed by atoms with van der Waals surface area (Å²) in [5.74, 6) is 3.68. The number of fused-ring (bicyclic) bond motifs is 1. The van der Waals surface area contributed by atoms with Crippen molar-refractivity contribution in [2.45, 2.75) is 26.7 Å². The Morgan fingerprint density at radius 1 is 1.24 bits per heavy atom. The van der Waals surface area contributed by atoms with Crippen molar-refractivity contribution in [3.05, 3.63) is 23.1 Å². The largest absolute Gasteiger partial charge is 0.354 e. The van der Waals surface area contributed by atoms with Gasteiger partial charge in [-0.05, 0) is 44.2 Å². The van der Waals surface area contributed by atoms with Gasteiger partial charge in [-0.1, -0.05) is 0 Å². The molecule has 0 radical (unpaired) electrons. The van der Waals surface area contributed by atoms with Crippen LogP contribution in [0.1, 0.15) is 34.7 Å². The van der Waals surface area contributed by atoms with Crippen LogP contribution in [-0.4, -0.2) is 52.0 Å². The van der Waals surface area contributed by atoms with Gasteiger partial charge in [-0.15, -0.1) is 0 Å². The highest BCUT2D eigenvalue weighted by Crippen LogP contribution is 2.29. The first kappa shape index (κ1) is 16.6. The Morgan fingerprint density at radius 3 is 2.72 bits per heavy atom. The third-order valence-electron chi connectivity index (χ3n) is 4.73. The first-order chi connectivity index (χ1) is 12.1. The number of hydrogen-bond donors (Lipinski definition) is 1. The molecule has 2 aromatic rings. The molecular formula is C18H23N5OS. The minimum absolute atomic E-state index is 0.192. The number of carbonyl (C=O) groups is 1. The quantitative estimate of drug-likeness (QED) is 0.906. The number of rotatable bonds is 4. The van der Waals surface area contributed by atoms with E-state index in [0.717, 1.165) is 53.6 Å². The lowest BCUT2D eigenvalue weighted by atomic mass is 10.1. The van der Waals surface area contributed by atoms with Gasteiger partial charge in [0.25, 0.3) is 5.91 Å². The fourth-order valence-electron chi connectivity index (χ4n) is 3.20. The zero-order valence-corrected chi connectivity index (χ0v) is 15.5. The maximum absolute atomic E-state index is 12.5. The number of carbonyl (C=O) groups excluding carboxylic acids is 1. The van der Waals surface area contributed by atoms with Crippen LogP contribution in [0.2, 0.25) is 0 Å². The Hall–Kier alpha value is -1.89. The molecule has 6 nitrogen and oxygen atoms in total. The van der Waals surface area contributed by atoms with Crippen molar-refractivity contribution < 1.29 is 4.79 Å². The zero-order valence-electron chi connectivity index (χ0n) is 14.7. The van der Waals surface area contributed by atoms with Gasteiger partial charge in [0, 0.05) is 36.8 Å². The second-order valence-corrected chi connectivity index (χ2v) is 8.13. The minimum atomic E-state index is -0.192. The van der Waals surface area contributed by atoms with Crippen molar-refractivity contribution in [3.63, 3.8) is 0 Å². The molecule has 0 spiro atoms. The molecular weight excluding hydrogens is 334 g/mol. The van der Waals surface area contributed by atoms with Crippen LogP contribution in [0.4, 0.5) is 5.82 Å². The summed E-state index contributed by atoms with van der Waals surface area (Å²) in [6, 6.07) is 2.06. The number of thioether (sulfide) groups is 1. The second kappa shape index (κ2) is 6.78. The smallest absolute Gasteiger partial charge is 0.289 e. The average Bonchev–Trinajstić information content (AvgIpc) is 3.43. The van der Waals surface area contributed by atoms with Crippen molar-refractivity contribution >= 4 is 34.5 Å². The zero-order chi connectivity index (χ0) is 17.4. The summed E-state index contributed by atoms with van der Waals surface area (Å²) in [4.78, 5) is 28.5. The molecule has 7 heteroatoms. The predicted molar refractivity (Wildman–Crippen MR) is 101 cm³/mol. The monoisotopic (exact) mass is 357 g/mol. The summed E-state index contributed by atoms with van der Waals surface area (Å²) < 4.78 is 0. The van der Waals surface area contributed by atoms with E-state index in [1.807, 2.05) is 18.7 Å². The minimum Gasteiger partial charge on any atom is -0.354 e. The Kier molecular flexibility index (Phi) is 4.50. The standard InChI is InChI=1S/C18H23N5OS/c1-11-9-12(2)20-15-14(11)17(23-5-7-25-8-6-23)22-16(21-15)18(24)19-10-13-3-4-13/h9,13H,3-8,10H2,1-2H3,(H,19,24). The molecule has 2 aromatic heterocycles. The molecule has 3 heterocycles. The van der Waals surface area contributed by atoms with E-state index in [0.29, 0.717) is 11.6 Å². The van der Waals surface area contributed by atoms with E-state index in [1.165, 1.54) is 12.8 Å². The highest BCUT2D eigenvalue weighted by Gasteiger charge is 2.25. The number of amides is 1. The topological polar surface area (TPSA) is 71.0 Å². The van der Waals surface area contributed by atoms with Gasteiger partial charge in [-0.2, -0.15) is 11.8 Å². The summed E-state index contributed by atoms with van der Waals surface area (Å²) in [6.45, 7) is 6.62. The average molecular weight is 357 g/mol. The molecule has 25 heavy (non-hydrogen) atoms. The van der Waals surface area contributed by atoms with Gasteiger partial charge in [-0.25, -0.2) is 15.0 Å². The molecule has 1 aliphatic carbocycles. The van der Waals surface area contributed by atoms with Gasteiger partial charge in [0.05, 0.1) is 5.39 Å². The summed E-state index contributed by atoms with van der Waals surface area (Å²) in [5.41, 5.74) is 2.64. The van der Waals surface area contributed by atoms with E-state index in [4.69, 9.17) is 0 Å². The van der Waals surface area contributed by atoms with Gasteiger partial charge in [0.15, 0.2) is 5.65 Å². The molecule has 1 aliphatic heterocycles. The maximum Gasteiger partial charge on any atom is 0.289 e. The van der Waals surface area contributed by atoms with Gasteiger partial charge in [-0.3, -0.25) is 4.79 Å². The number of aromatic nitrogens is 3. The Balaban J connectivity index is 1.76. The highest BCUT2D eigenvalue weighted by molar-refractivity contribution is 7.99. The Labute approximate surface area is 151 Å². The van der Waals surface area contributed by atoms with Gasteiger partial charge in [0.2, 0.25) is 5.82 Å². The summed E-state index contributed by atoms with van der Waals surface area (Å²) in [5, 5.41) is 3.94. The SMILES string of the molecule is Cc1cc(C)c2c(N3CCSCC3)nc(C(=O)NCC3CC3)nc2n1. The van der Waals surface area contributed by atoms with Crippen LogP contribution < -0.4 is 10.2 Å². The summed E-state index contributed by atoms with van der Waals surface area (Å²) in [6.07, 6.45) is 2.41. The Bertz CT molecular complexity index is 815. The van der Waals surface area contributed by atoms with Crippen LogP contribution in [0, 0.1) is 19.8 Å². The molecule has 2 aliphatic rings. The molecule has 4 rings (SSSR count). The number of hydrogen-bond acceptors (Lipinski definition) is 6. The van der Waals surface area contributed by atoms with Crippen LogP contribution in [0.5, 0.6) is 0 Å². The van der Waals surface area contributed by atoms with Crippen molar-refractivity contribution in [3.8, 4) is 0 Å². The van der Waals surface area contributed by atoms with E-state index in [2.05, 4.69) is 38.2 Å². The number of aryl methyl sites for hydroxylation is 2. The predicted octanol–water partition coefficient (Wildman–Crippen LogP) is 2.33. The van der Waals surface area contributed by atoms with E-state index < -0.39 is 0 Å². The number of pyridine rings is 1. The lowest BCUT2D eigenvalue weighted by Gasteiger charge is -2.28. The molecule has 1 N–H and O–H groups in total. The molecule has 0 bridgehead atoms.